The predicted molar refractivity (Wildman–Crippen MR) is 128 cm³/mol. The molecule has 6 nitrogen and oxygen atoms in total. The van der Waals surface area contributed by atoms with Crippen molar-refractivity contribution < 1.29 is 9.53 Å². The summed E-state index contributed by atoms with van der Waals surface area (Å²) in [7, 11) is 1.66. The number of benzene rings is 2. The van der Waals surface area contributed by atoms with Gasteiger partial charge in [0, 0.05) is 23.2 Å². The normalized spacial score (nSPS) is 14.3. The highest BCUT2D eigenvalue weighted by atomic mass is 35.5. The van der Waals surface area contributed by atoms with Crippen molar-refractivity contribution in [2.24, 2.45) is 0 Å². The van der Waals surface area contributed by atoms with Crippen molar-refractivity contribution in [3.8, 4) is 17.1 Å². The lowest BCUT2D eigenvalue weighted by Crippen LogP contribution is -2.25. The summed E-state index contributed by atoms with van der Waals surface area (Å²) in [5.41, 5.74) is 1.90. The van der Waals surface area contributed by atoms with Crippen LogP contribution in [0.25, 0.3) is 11.4 Å². The molecule has 168 valence electrons. The van der Waals surface area contributed by atoms with Gasteiger partial charge in [-0.05, 0) is 48.7 Å². The molecule has 1 aromatic heterocycles. The minimum absolute atomic E-state index is 0.0564. The standard InChI is InChI=1S/C24H27ClN4O2S/c1-31-20-13-11-17(12-14-20)23-27-28-24(29(23)19-8-3-2-4-9-19)32-16-22(30)26-15-18-7-5-6-10-21(18)25/h5-7,10-14,19H,2-4,8-9,15-16H2,1H3,(H,26,30). The lowest BCUT2D eigenvalue weighted by atomic mass is 9.95. The zero-order chi connectivity index (χ0) is 22.3. The van der Waals surface area contributed by atoms with Gasteiger partial charge < -0.3 is 10.1 Å². The van der Waals surface area contributed by atoms with Gasteiger partial charge in [-0.1, -0.05) is 60.8 Å². The van der Waals surface area contributed by atoms with Crippen LogP contribution in [-0.2, 0) is 11.3 Å². The number of hydrogen-bond acceptors (Lipinski definition) is 5. The molecule has 1 amide bonds. The molecule has 0 unspecified atom stereocenters. The van der Waals surface area contributed by atoms with Gasteiger partial charge >= 0.3 is 0 Å². The number of aromatic nitrogens is 3. The van der Waals surface area contributed by atoms with E-state index in [2.05, 4.69) is 20.1 Å². The minimum Gasteiger partial charge on any atom is -0.497 e. The van der Waals surface area contributed by atoms with E-state index in [1.807, 2.05) is 48.5 Å². The summed E-state index contributed by atoms with van der Waals surface area (Å²) in [6, 6.07) is 15.8. The molecular formula is C24H27ClN4O2S. The van der Waals surface area contributed by atoms with E-state index in [0.29, 0.717) is 17.6 Å². The second-order valence-electron chi connectivity index (χ2n) is 7.85. The second-order valence-corrected chi connectivity index (χ2v) is 9.20. The van der Waals surface area contributed by atoms with E-state index in [9.17, 15) is 4.79 Å². The molecule has 1 heterocycles. The van der Waals surface area contributed by atoms with Gasteiger partial charge in [0.1, 0.15) is 5.75 Å². The number of carbonyl (C=O) groups excluding carboxylic acids is 1. The van der Waals surface area contributed by atoms with Crippen molar-refractivity contribution in [2.75, 3.05) is 12.9 Å². The van der Waals surface area contributed by atoms with Gasteiger partial charge in [0.05, 0.1) is 12.9 Å². The maximum Gasteiger partial charge on any atom is 0.230 e. The third-order valence-corrected chi connectivity index (χ3v) is 7.03. The highest BCUT2D eigenvalue weighted by Crippen LogP contribution is 2.35. The Bertz CT molecular complexity index is 1050. The summed E-state index contributed by atoms with van der Waals surface area (Å²) in [5, 5.41) is 13.3. The summed E-state index contributed by atoms with van der Waals surface area (Å²) >= 11 is 7.61. The third-order valence-electron chi connectivity index (χ3n) is 5.72. The van der Waals surface area contributed by atoms with E-state index in [4.69, 9.17) is 16.3 Å². The lowest BCUT2D eigenvalue weighted by molar-refractivity contribution is -0.118. The highest BCUT2D eigenvalue weighted by molar-refractivity contribution is 7.99. The molecule has 0 radical (unpaired) electrons. The first-order valence-corrected chi connectivity index (χ1v) is 12.2. The zero-order valence-electron chi connectivity index (χ0n) is 18.1. The molecule has 2 aromatic carbocycles. The summed E-state index contributed by atoms with van der Waals surface area (Å²) in [6.07, 6.45) is 5.88. The summed E-state index contributed by atoms with van der Waals surface area (Å²) in [5.74, 6) is 1.87. The first-order chi connectivity index (χ1) is 15.7. The molecule has 1 aliphatic rings. The zero-order valence-corrected chi connectivity index (χ0v) is 19.7. The topological polar surface area (TPSA) is 69.0 Å². The number of amides is 1. The monoisotopic (exact) mass is 470 g/mol. The number of nitrogens with one attached hydrogen (secondary N) is 1. The number of thioether (sulfide) groups is 1. The van der Waals surface area contributed by atoms with E-state index in [0.717, 1.165) is 40.7 Å². The molecule has 0 atom stereocenters. The minimum atomic E-state index is -0.0564. The van der Waals surface area contributed by atoms with Crippen LogP contribution in [0.3, 0.4) is 0 Å². The Morgan fingerprint density at radius 3 is 2.59 bits per heavy atom. The summed E-state index contributed by atoms with van der Waals surface area (Å²) in [6.45, 7) is 0.408. The van der Waals surface area contributed by atoms with Gasteiger partial charge in [-0.2, -0.15) is 0 Å². The Labute approximate surface area is 197 Å². The second kappa shape index (κ2) is 10.9. The molecule has 1 N–H and O–H groups in total. The largest absolute Gasteiger partial charge is 0.497 e. The van der Waals surface area contributed by atoms with E-state index in [-0.39, 0.29) is 11.7 Å². The Morgan fingerprint density at radius 1 is 1.12 bits per heavy atom. The fraction of sp³-hybridized carbons (Fsp3) is 0.375. The van der Waals surface area contributed by atoms with Crippen LogP contribution < -0.4 is 10.1 Å². The molecule has 0 spiro atoms. The van der Waals surface area contributed by atoms with E-state index < -0.39 is 0 Å². The molecule has 0 bridgehead atoms. The number of nitrogens with zero attached hydrogens (tertiary/aromatic N) is 3. The van der Waals surface area contributed by atoms with Crippen molar-refractivity contribution in [3.63, 3.8) is 0 Å². The SMILES string of the molecule is COc1ccc(-c2nnc(SCC(=O)NCc3ccccc3Cl)n2C2CCCCC2)cc1. The van der Waals surface area contributed by atoms with Crippen LogP contribution in [-0.4, -0.2) is 33.5 Å². The Kier molecular flexibility index (Phi) is 7.71. The van der Waals surface area contributed by atoms with Gasteiger partial charge in [0.15, 0.2) is 11.0 Å². The Hall–Kier alpha value is -2.51. The summed E-state index contributed by atoms with van der Waals surface area (Å²) < 4.78 is 7.51. The van der Waals surface area contributed by atoms with E-state index in [1.54, 1.807) is 7.11 Å². The number of ether oxygens (including phenoxy) is 1. The molecule has 0 saturated heterocycles. The van der Waals surface area contributed by atoms with Crippen molar-refractivity contribution in [1.29, 1.82) is 0 Å². The highest BCUT2D eigenvalue weighted by Gasteiger charge is 2.24. The molecule has 8 heteroatoms. The number of halogens is 1. The Morgan fingerprint density at radius 2 is 1.88 bits per heavy atom. The number of rotatable bonds is 8. The molecule has 0 aliphatic heterocycles. The van der Waals surface area contributed by atoms with Gasteiger partial charge in [0.2, 0.25) is 5.91 Å². The number of methoxy groups -OCH3 is 1. The average Bonchev–Trinajstić information content (AvgIpc) is 3.27. The molecule has 32 heavy (non-hydrogen) atoms. The number of hydrogen-bond donors (Lipinski definition) is 1. The Balaban J connectivity index is 1.48. The maximum absolute atomic E-state index is 12.5. The van der Waals surface area contributed by atoms with Gasteiger partial charge in [-0.3, -0.25) is 9.36 Å². The quantitative estimate of drug-likeness (QED) is 0.439. The number of carbonyl (C=O) groups is 1. The van der Waals surface area contributed by atoms with Crippen LogP contribution in [0.15, 0.2) is 53.7 Å². The van der Waals surface area contributed by atoms with Crippen LogP contribution in [0.5, 0.6) is 5.75 Å². The van der Waals surface area contributed by atoms with E-state index in [1.165, 1.54) is 31.0 Å². The third kappa shape index (κ3) is 5.45. The molecular weight excluding hydrogens is 444 g/mol. The fourth-order valence-corrected chi connectivity index (χ4v) is 5.04. The first-order valence-electron chi connectivity index (χ1n) is 10.9. The maximum atomic E-state index is 12.5. The molecule has 1 fully saturated rings. The predicted octanol–water partition coefficient (Wildman–Crippen LogP) is 5.52. The van der Waals surface area contributed by atoms with E-state index >= 15 is 0 Å². The van der Waals surface area contributed by atoms with Crippen molar-refractivity contribution in [2.45, 2.75) is 49.8 Å². The van der Waals surface area contributed by atoms with Crippen LogP contribution >= 0.6 is 23.4 Å². The fourth-order valence-electron chi connectivity index (χ4n) is 4.00. The van der Waals surface area contributed by atoms with Gasteiger partial charge in [-0.15, -0.1) is 10.2 Å². The van der Waals surface area contributed by atoms with Gasteiger partial charge in [0.25, 0.3) is 0 Å². The van der Waals surface area contributed by atoms with Crippen molar-refractivity contribution in [1.82, 2.24) is 20.1 Å². The molecule has 3 aromatic rings. The van der Waals surface area contributed by atoms with Crippen LogP contribution in [0.2, 0.25) is 5.02 Å². The van der Waals surface area contributed by atoms with Crippen molar-refractivity contribution in [3.05, 3.63) is 59.1 Å². The van der Waals surface area contributed by atoms with Crippen LogP contribution in [0.1, 0.15) is 43.7 Å². The van der Waals surface area contributed by atoms with Gasteiger partial charge in [-0.25, -0.2) is 0 Å². The smallest absolute Gasteiger partial charge is 0.230 e. The van der Waals surface area contributed by atoms with Crippen LogP contribution in [0, 0.1) is 0 Å². The van der Waals surface area contributed by atoms with Crippen LogP contribution in [0.4, 0.5) is 0 Å². The summed E-state index contributed by atoms with van der Waals surface area (Å²) in [4.78, 5) is 12.5. The average molecular weight is 471 g/mol. The molecule has 1 saturated carbocycles. The molecule has 4 rings (SSSR count). The first kappa shape index (κ1) is 22.7. The van der Waals surface area contributed by atoms with Crippen molar-refractivity contribution >= 4 is 29.3 Å². The molecule has 1 aliphatic carbocycles. The lowest BCUT2D eigenvalue weighted by Gasteiger charge is -2.25.